The molecule has 15 heavy (non-hydrogen) atoms. The van der Waals surface area contributed by atoms with Crippen molar-refractivity contribution in [1.82, 2.24) is 0 Å². The fraction of sp³-hybridized carbons (Fsp3) is 0.417. The van der Waals surface area contributed by atoms with Crippen LogP contribution in [0.3, 0.4) is 0 Å². The lowest BCUT2D eigenvalue weighted by Gasteiger charge is -2.11. The molecule has 0 aliphatic heterocycles. The summed E-state index contributed by atoms with van der Waals surface area (Å²) in [5.41, 5.74) is 1.29. The van der Waals surface area contributed by atoms with Crippen LogP contribution >= 0.6 is 22.9 Å². The van der Waals surface area contributed by atoms with Crippen molar-refractivity contribution in [3.63, 3.8) is 0 Å². The van der Waals surface area contributed by atoms with Gasteiger partial charge in [-0.3, -0.25) is 4.79 Å². The molecule has 0 unspecified atom stereocenters. The first-order chi connectivity index (χ1) is 7.27. The van der Waals surface area contributed by atoms with Crippen molar-refractivity contribution in [3.05, 3.63) is 33.0 Å². The normalized spacial score (nSPS) is 16.2. The third-order valence-electron chi connectivity index (χ3n) is 2.64. The third-order valence-corrected chi connectivity index (χ3v) is 4.03. The zero-order valence-corrected chi connectivity index (χ0v) is 10.0. The largest absolute Gasteiger partial charge is 0.293 e. The smallest absolute Gasteiger partial charge is 0.178 e. The molecule has 80 valence electrons. The summed E-state index contributed by atoms with van der Waals surface area (Å²) in [6.45, 7) is 0. The molecule has 0 amide bonds. The Balaban J connectivity index is 2.04. The quantitative estimate of drug-likeness (QED) is 0.563. The Hall–Kier alpha value is -0.600. The first kappa shape index (κ1) is 10.9. The number of Topliss-reactive ketones (excluding diaryl/α,β-unsaturated/α-hetero) is 1. The van der Waals surface area contributed by atoms with Crippen molar-refractivity contribution in [3.8, 4) is 0 Å². The molecule has 1 heterocycles. The number of thiophene rings is 1. The van der Waals surface area contributed by atoms with Crippen molar-refractivity contribution >= 4 is 28.7 Å². The van der Waals surface area contributed by atoms with Crippen LogP contribution < -0.4 is 0 Å². The number of rotatable bonds is 3. The lowest BCUT2D eigenvalue weighted by Crippen LogP contribution is -2.01. The van der Waals surface area contributed by atoms with Crippen molar-refractivity contribution in [1.29, 1.82) is 0 Å². The number of halogens is 1. The zero-order valence-electron chi connectivity index (χ0n) is 8.46. The van der Waals surface area contributed by atoms with Crippen LogP contribution in [0.15, 0.2) is 23.1 Å². The third kappa shape index (κ3) is 2.70. The molecule has 1 nitrogen and oxygen atoms in total. The van der Waals surface area contributed by atoms with Gasteiger partial charge in [0.25, 0.3) is 0 Å². The highest BCUT2D eigenvalue weighted by Crippen LogP contribution is 2.27. The van der Waals surface area contributed by atoms with Crippen LogP contribution in [0.1, 0.15) is 41.8 Å². The predicted octanol–water partition coefficient (Wildman–Crippen LogP) is 4.47. The lowest BCUT2D eigenvalue weighted by molar-refractivity contribution is 0.0995. The summed E-state index contributed by atoms with van der Waals surface area (Å²) in [7, 11) is 0. The second kappa shape index (κ2) is 4.95. The maximum absolute atomic E-state index is 11.9. The molecule has 0 saturated heterocycles. The number of allylic oxidation sites excluding steroid dienone is 2. The molecular formula is C12H13ClOS. The van der Waals surface area contributed by atoms with E-state index in [1.165, 1.54) is 29.8 Å². The Morgan fingerprint density at radius 1 is 1.47 bits per heavy atom. The Morgan fingerprint density at radius 3 is 2.93 bits per heavy atom. The fourth-order valence-corrected chi connectivity index (χ4v) is 2.95. The van der Waals surface area contributed by atoms with E-state index in [1.54, 1.807) is 6.07 Å². The second-order valence-electron chi connectivity index (χ2n) is 3.81. The van der Waals surface area contributed by atoms with E-state index in [1.807, 2.05) is 5.38 Å². The minimum absolute atomic E-state index is 0.170. The summed E-state index contributed by atoms with van der Waals surface area (Å²) in [5, 5.41) is 2.46. The highest BCUT2D eigenvalue weighted by atomic mass is 35.5. The van der Waals surface area contributed by atoms with E-state index in [0.717, 1.165) is 12.8 Å². The average molecular weight is 241 g/mol. The summed E-state index contributed by atoms with van der Waals surface area (Å²) in [5.74, 6) is 0.170. The van der Waals surface area contributed by atoms with Crippen LogP contribution in [0.25, 0.3) is 0 Å². The molecule has 1 aromatic rings. The molecule has 0 N–H and O–H groups in total. The van der Waals surface area contributed by atoms with Crippen LogP contribution in [0, 0.1) is 0 Å². The van der Waals surface area contributed by atoms with E-state index >= 15 is 0 Å². The Bertz CT molecular complexity index is 392. The van der Waals surface area contributed by atoms with Crippen LogP contribution in [-0.4, -0.2) is 5.78 Å². The molecule has 1 aromatic heterocycles. The molecular weight excluding hydrogens is 228 g/mol. The van der Waals surface area contributed by atoms with Crippen molar-refractivity contribution in [2.45, 2.75) is 32.1 Å². The maximum Gasteiger partial charge on any atom is 0.178 e. The molecule has 0 bridgehead atoms. The van der Waals surface area contributed by atoms with Crippen LogP contribution in [-0.2, 0) is 0 Å². The molecule has 1 aliphatic rings. The number of ketones is 1. The first-order valence-electron chi connectivity index (χ1n) is 5.21. The van der Waals surface area contributed by atoms with Gasteiger partial charge < -0.3 is 0 Å². The van der Waals surface area contributed by atoms with Crippen molar-refractivity contribution < 1.29 is 4.79 Å². The summed E-state index contributed by atoms with van der Waals surface area (Å²) >= 11 is 7.36. The van der Waals surface area contributed by atoms with Crippen LogP contribution in [0.2, 0.25) is 5.02 Å². The SMILES string of the molecule is O=C(CC1=CCCCC1)c1sccc1Cl. The van der Waals surface area contributed by atoms with Gasteiger partial charge in [0.05, 0.1) is 9.90 Å². The predicted molar refractivity (Wildman–Crippen MR) is 64.8 cm³/mol. The molecule has 0 aromatic carbocycles. The van der Waals surface area contributed by atoms with Gasteiger partial charge in [0.1, 0.15) is 0 Å². The Morgan fingerprint density at radius 2 is 2.33 bits per heavy atom. The molecule has 2 rings (SSSR count). The number of hydrogen-bond donors (Lipinski definition) is 0. The minimum atomic E-state index is 0.170. The Labute approximate surface area is 98.8 Å². The number of hydrogen-bond acceptors (Lipinski definition) is 2. The van der Waals surface area contributed by atoms with Gasteiger partial charge in [-0.25, -0.2) is 0 Å². The van der Waals surface area contributed by atoms with E-state index in [-0.39, 0.29) is 5.78 Å². The van der Waals surface area contributed by atoms with E-state index < -0.39 is 0 Å². The van der Waals surface area contributed by atoms with Gasteiger partial charge in [-0.15, -0.1) is 11.3 Å². The van der Waals surface area contributed by atoms with E-state index in [4.69, 9.17) is 11.6 Å². The number of carbonyl (C=O) groups excluding carboxylic acids is 1. The summed E-state index contributed by atoms with van der Waals surface area (Å²) < 4.78 is 0. The summed E-state index contributed by atoms with van der Waals surface area (Å²) in [6.07, 6.45) is 7.45. The standard InChI is InChI=1S/C12H13ClOS/c13-10-6-7-15-12(10)11(14)8-9-4-2-1-3-5-9/h4,6-7H,1-3,5,8H2. The van der Waals surface area contributed by atoms with E-state index in [0.29, 0.717) is 16.3 Å². The van der Waals surface area contributed by atoms with Crippen LogP contribution in [0.5, 0.6) is 0 Å². The highest BCUT2D eigenvalue weighted by Gasteiger charge is 2.14. The van der Waals surface area contributed by atoms with Gasteiger partial charge in [-0.05, 0) is 37.1 Å². The molecule has 0 spiro atoms. The van der Waals surface area contributed by atoms with Gasteiger partial charge in [0.2, 0.25) is 0 Å². The first-order valence-corrected chi connectivity index (χ1v) is 6.47. The molecule has 0 atom stereocenters. The van der Waals surface area contributed by atoms with E-state index in [9.17, 15) is 4.79 Å². The zero-order chi connectivity index (χ0) is 10.7. The molecule has 0 fully saturated rings. The molecule has 1 aliphatic carbocycles. The summed E-state index contributed by atoms with van der Waals surface area (Å²) in [6, 6.07) is 1.79. The van der Waals surface area contributed by atoms with Gasteiger partial charge in [-0.1, -0.05) is 23.3 Å². The van der Waals surface area contributed by atoms with Crippen molar-refractivity contribution in [2.75, 3.05) is 0 Å². The summed E-state index contributed by atoms with van der Waals surface area (Å²) in [4.78, 5) is 12.6. The van der Waals surface area contributed by atoms with Gasteiger partial charge >= 0.3 is 0 Å². The van der Waals surface area contributed by atoms with E-state index in [2.05, 4.69) is 6.08 Å². The van der Waals surface area contributed by atoms with Gasteiger partial charge in [0.15, 0.2) is 5.78 Å². The monoisotopic (exact) mass is 240 g/mol. The number of carbonyl (C=O) groups is 1. The fourth-order valence-electron chi connectivity index (χ4n) is 1.84. The maximum atomic E-state index is 11.9. The molecule has 0 radical (unpaired) electrons. The molecule has 0 saturated carbocycles. The average Bonchev–Trinajstić information content (AvgIpc) is 2.66. The van der Waals surface area contributed by atoms with Gasteiger partial charge in [0, 0.05) is 6.42 Å². The topological polar surface area (TPSA) is 17.1 Å². The Kier molecular flexibility index (Phi) is 3.60. The second-order valence-corrected chi connectivity index (χ2v) is 5.13. The molecule has 3 heteroatoms. The minimum Gasteiger partial charge on any atom is -0.293 e. The highest BCUT2D eigenvalue weighted by molar-refractivity contribution is 7.12. The van der Waals surface area contributed by atoms with Gasteiger partial charge in [-0.2, -0.15) is 0 Å². The van der Waals surface area contributed by atoms with Crippen LogP contribution in [0.4, 0.5) is 0 Å². The lowest BCUT2D eigenvalue weighted by atomic mass is 9.95. The van der Waals surface area contributed by atoms with Crippen molar-refractivity contribution in [2.24, 2.45) is 0 Å².